The number of aromatic nitrogens is 1. The van der Waals surface area contributed by atoms with Crippen LogP contribution in [0, 0.1) is 11.3 Å². The van der Waals surface area contributed by atoms with Crippen molar-refractivity contribution in [2.75, 3.05) is 0 Å². The minimum atomic E-state index is 0.342. The molecule has 4 nitrogen and oxygen atoms in total. The average molecular weight is 213 g/mol. The van der Waals surface area contributed by atoms with Gasteiger partial charge in [-0.25, -0.2) is 0 Å². The fourth-order valence-electron chi connectivity index (χ4n) is 1.35. The Kier molecular flexibility index (Phi) is 3.31. The van der Waals surface area contributed by atoms with Gasteiger partial charge < -0.3 is 9.73 Å². The van der Waals surface area contributed by atoms with E-state index in [-0.39, 0.29) is 0 Å². The van der Waals surface area contributed by atoms with Crippen LogP contribution in [-0.2, 0) is 13.1 Å². The van der Waals surface area contributed by atoms with Gasteiger partial charge in [-0.2, -0.15) is 5.26 Å². The quantitative estimate of drug-likeness (QED) is 0.841. The maximum absolute atomic E-state index is 8.58. The fourth-order valence-corrected chi connectivity index (χ4v) is 1.35. The fraction of sp³-hybridized carbons (Fsp3) is 0.167. The van der Waals surface area contributed by atoms with Gasteiger partial charge in [0.15, 0.2) is 0 Å². The Morgan fingerprint density at radius 2 is 2.19 bits per heavy atom. The molecule has 0 aromatic carbocycles. The molecule has 0 atom stereocenters. The molecule has 2 heterocycles. The molecule has 2 aromatic rings. The first-order valence-electron chi connectivity index (χ1n) is 4.98. The Bertz CT molecular complexity index is 484. The van der Waals surface area contributed by atoms with E-state index < -0.39 is 0 Å². The zero-order chi connectivity index (χ0) is 11.2. The van der Waals surface area contributed by atoms with Crippen molar-refractivity contribution in [3.8, 4) is 6.07 Å². The van der Waals surface area contributed by atoms with Gasteiger partial charge in [0.05, 0.1) is 12.2 Å². The van der Waals surface area contributed by atoms with E-state index in [0.717, 1.165) is 11.5 Å². The standard InChI is InChI=1S/C12H11N3O/c13-7-11-4-5-12(16-11)9-14-8-10-3-1-2-6-15-10/h1-6,14H,8-9H2. The zero-order valence-corrected chi connectivity index (χ0v) is 8.68. The van der Waals surface area contributed by atoms with Gasteiger partial charge in [-0.15, -0.1) is 0 Å². The number of rotatable bonds is 4. The van der Waals surface area contributed by atoms with Crippen LogP contribution in [0.5, 0.6) is 0 Å². The second-order valence-corrected chi connectivity index (χ2v) is 3.30. The highest BCUT2D eigenvalue weighted by Crippen LogP contribution is 2.06. The molecule has 0 aliphatic rings. The second kappa shape index (κ2) is 5.10. The van der Waals surface area contributed by atoms with Crippen LogP contribution in [0.3, 0.4) is 0 Å². The van der Waals surface area contributed by atoms with E-state index in [1.165, 1.54) is 0 Å². The first kappa shape index (κ1) is 10.4. The lowest BCUT2D eigenvalue weighted by Gasteiger charge is -2.01. The van der Waals surface area contributed by atoms with Crippen LogP contribution in [0.15, 0.2) is 40.9 Å². The molecule has 2 aromatic heterocycles. The highest BCUT2D eigenvalue weighted by molar-refractivity contribution is 5.19. The van der Waals surface area contributed by atoms with Crippen molar-refractivity contribution in [2.24, 2.45) is 0 Å². The van der Waals surface area contributed by atoms with Gasteiger partial charge in [-0.1, -0.05) is 6.07 Å². The first-order chi connectivity index (χ1) is 7.88. The van der Waals surface area contributed by atoms with E-state index in [1.54, 1.807) is 18.3 Å². The second-order valence-electron chi connectivity index (χ2n) is 3.30. The number of nitriles is 1. The number of nitrogens with one attached hydrogen (secondary N) is 1. The lowest BCUT2D eigenvalue weighted by Crippen LogP contribution is -2.12. The van der Waals surface area contributed by atoms with E-state index in [1.807, 2.05) is 24.3 Å². The lowest BCUT2D eigenvalue weighted by molar-refractivity contribution is 0.473. The minimum Gasteiger partial charge on any atom is -0.449 e. The highest BCUT2D eigenvalue weighted by atomic mass is 16.3. The summed E-state index contributed by atoms with van der Waals surface area (Å²) in [6, 6.07) is 11.2. The number of hydrogen-bond donors (Lipinski definition) is 1. The summed E-state index contributed by atoms with van der Waals surface area (Å²) in [4.78, 5) is 4.19. The predicted octanol–water partition coefficient (Wildman–Crippen LogP) is 1.84. The van der Waals surface area contributed by atoms with E-state index in [0.29, 0.717) is 18.8 Å². The van der Waals surface area contributed by atoms with E-state index in [9.17, 15) is 0 Å². The van der Waals surface area contributed by atoms with Crippen LogP contribution in [0.25, 0.3) is 0 Å². The lowest BCUT2D eigenvalue weighted by atomic mass is 10.3. The van der Waals surface area contributed by atoms with Crippen molar-refractivity contribution >= 4 is 0 Å². The number of hydrogen-bond acceptors (Lipinski definition) is 4. The van der Waals surface area contributed by atoms with Crippen LogP contribution >= 0.6 is 0 Å². The Hall–Kier alpha value is -2.12. The molecule has 0 saturated heterocycles. The molecular weight excluding hydrogens is 202 g/mol. The molecule has 0 amide bonds. The SMILES string of the molecule is N#Cc1ccc(CNCc2ccccn2)o1. The van der Waals surface area contributed by atoms with Crippen LogP contribution in [-0.4, -0.2) is 4.98 Å². The van der Waals surface area contributed by atoms with Crippen LogP contribution in [0.4, 0.5) is 0 Å². The average Bonchev–Trinajstić information content (AvgIpc) is 2.78. The summed E-state index contributed by atoms with van der Waals surface area (Å²) in [5, 5.41) is 11.8. The number of pyridine rings is 1. The van der Waals surface area contributed by atoms with Crippen molar-refractivity contribution in [2.45, 2.75) is 13.1 Å². The molecule has 1 N–H and O–H groups in total. The summed E-state index contributed by atoms with van der Waals surface area (Å²) < 4.78 is 5.23. The molecule has 0 saturated carbocycles. The van der Waals surface area contributed by atoms with Gasteiger partial charge in [0.2, 0.25) is 5.76 Å². The summed E-state index contributed by atoms with van der Waals surface area (Å²) in [7, 11) is 0. The molecule has 0 aliphatic carbocycles. The molecule has 0 fully saturated rings. The van der Waals surface area contributed by atoms with Crippen LogP contribution < -0.4 is 5.32 Å². The monoisotopic (exact) mass is 213 g/mol. The molecule has 0 unspecified atom stereocenters. The maximum Gasteiger partial charge on any atom is 0.203 e. The van der Waals surface area contributed by atoms with Gasteiger partial charge in [0.1, 0.15) is 11.8 Å². The summed E-state index contributed by atoms with van der Waals surface area (Å²) in [6.45, 7) is 1.28. The predicted molar refractivity (Wildman–Crippen MR) is 58.2 cm³/mol. The first-order valence-corrected chi connectivity index (χ1v) is 4.98. The molecule has 4 heteroatoms. The van der Waals surface area contributed by atoms with Crippen LogP contribution in [0.2, 0.25) is 0 Å². The third-order valence-corrected chi connectivity index (χ3v) is 2.10. The van der Waals surface area contributed by atoms with E-state index in [2.05, 4.69) is 10.3 Å². The van der Waals surface area contributed by atoms with Crippen LogP contribution in [0.1, 0.15) is 17.2 Å². The Balaban J connectivity index is 1.83. The van der Waals surface area contributed by atoms with Gasteiger partial charge in [-0.3, -0.25) is 4.98 Å². The largest absolute Gasteiger partial charge is 0.449 e. The van der Waals surface area contributed by atoms with Gasteiger partial charge in [0, 0.05) is 12.7 Å². The van der Waals surface area contributed by atoms with Gasteiger partial charge in [0.25, 0.3) is 0 Å². The summed E-state index contributed by atoms with van der Waals surface area (Å²) in [5.41, 5.74) is 0.981. The molecular formula is C12H11N3O. The Morgan fingerprint density at radius 3 is 2.88 bits per heavy atom. The minimum absolute atomic E-state index is 0.342. The van der Waals surface area contributed by atoms with Crippen molar-refractivity contribution < 1.29 is 4.42 Å². The molecule has 16 heavy (non-hydrogen) atoms. The maximum atomic E-state index is 8.58. The number of furan rings is 1. The Labute approximate surface area is 93.5 Å². The molecule has 0 bridgehead atoms. The molecule has 0 spiro atoms. The topological polar surface area (TPSA) is 61.9 Å². The van der Waals surface area contributed by atoms with E-state index >= 15 is 0 Å². The van der Waals surface area contributed by atoms with Gasteiger partial charge >= 0.3 is 0 Å². The summed E-state index contributed by atoms with van der Waals surface area (Å²) >= 11 is 0. The zero-order valence-electron chi connectivity index (χ0n) is 8.68. The van der Waals surface area contributed by atoms with E-state index in [4.69, 9.17) is 9.68 Å². The number of nitrogens with zero attached hydrogens (tertiary/aromatic N) is 2. The van der Waals surface area contributed by atoms with Crippen molar-refractivity contribution in [3.05, 3.63) is 53.7 Å². The Morgan fingerprint density at radius 1 is 1.25 bits per heavy atom. The smallest absolute Gasteiger partial charge is 0.203 e. The third-order valence-electron chi connectivity index (χ3n) is 2.10. The van der Waals surface area contributed by atoms with Crippen molar-refractivity contribution in [1.82, 2.24) is 10.3 Å². The molecule has 2 rings (SSSR count). The highest BCUT2D eigenvalue weighted by Gasteiger charge is 2.00. The normalized spacial score (nSPS) is 9.94. The van der Waals surface area contributed by atoms with Crippen molar-refractivity contribution in [1.29, 1.82) is 5.26 Å². The summed E-state index contributed by atoms with van der Waals surface area (Å²) in [5.74, 6) is 1.10. The van der Waals surface area contributed by atoms with Gasteiger partial charge in [-0.05, 0) is 24.3 Å². The molecule has 0 radical (unpaired) electrons. The summed E-state index contributed by atoms with van der Waals surface area (Å²) in [6.07, 6.45) is 1.76. The molecule has 80 valence electrons. The molecule has 0 aliphatic heterocycles. The van der Waals surface area contributed by atoms with Crippen molar-refractivity contribution in [3.63, 3.8) is 0 Å². The third kappa shape index (κ3) is 2.69.